The highest BCUT2D eigenvalue weighted by molar-refractivity contribution is 5.85. The van der Waals surface area contributed by atoms with Gasteiger partial charge in [-0.3, -0.25) is 14.5 Å². The van der Waals surface area contributed by atoms with Crippen molar-refractivity contribution >= 4 is 11.8 Å². The van der Waals surface area contributed by atoms with E-state index in [0.29, 0.717) is 11.7 Å². The first kappa shape index (κ1) is 25.2. The number of hydrogen-bond donors (Lipinski definition) is 1. The molecule has 0 aromatic heterocycles. The van der Waals surface area contributed by atoms with E-state index in [1.165, 1.54) is 11.1 Å². The molecule has 0 unspecified atom stereocenters. The summed E-state index contributed by atoms with van der Waals surface area (Å²) in [4.78, 5) is 29.0. The lowest BCUT2D eigenvalue weighted by molar-refractivity contribution is -0.137. The minimum absolute atomic E-state index is 0.0114. The van der Waals surface area contributed by atoms with E-state index >= 15 is 0 Å². The minimum Gasteiger partial charge on any atom is -0.483 e. The summed E-state index contributed by atoms with van der Waals surface area (Å²) in [7, 11) is 1.97. The van der Waals surface area contributed by atoms with Gasteiger partial charge in [0.15, 0.2) is 6.61 Å². The molecule has 2 N–H and O–H groups in total. The first-order valence-corrected chi connectivity index (χ1v) is 12.7. The van der Waals surface area contributed by atoms with Gasteiger partial charge in [0.1, 0.15) is 5.75 Å². The van der Waals surface area contributed by atoms with Crippen LogP contribution in [0.5, 0.6) is 5.75 Å². The van der Waals surface area contributed by atoms with Crippen LogP contribution in [-0.4, -0.2) is 54.4 Å². The van der Waals surface area contributed by atoms with E-state index in [4.69, 9.17) is 10.5 Å². The van der Waals surface area contributed by atoms with Crippen molar-refractivity contribution < 1.29 is 14.3 Å². The number of likely N-dealkylation sites (N-methyl/N-ethyl adjacent to an activating group) is 1. The Bertz CT molecular complexity index is 1050. The van der Waals surface area contributed by atoms with Gasteiger partial charge in [-0.25, -0.2) is 0 Å². The fourth-order valence-corrected chi connectivity index (χ4v) is 5.57. The number of amides is 2. The average Bonchev–Trinajstić information content (AvgIpc) is 3.04. The van der Waals surface area contributed by atoms with Gasteiger partial charge in [0.25, 0.3) is 5.91 Å². The third-order valence-corrected chi connectivity index (χ3v) is 7.77. The number of carbonyl (C=O) groups excluding carboxylic acids is 2. The van der Waals surface area contributed by atoms with Crippen LogP contribution in [0, 0.1) is 5.41 Å². The van der Waals surface area contributed by atoms with E-state index in [1.807, 2.05) is 24.1 Å². The van der Waals surface area contributed by atoms with E-state index < -0.39 is 5.91 Å². The Morgan fingerprint density at radius 2 is 1.80 bits per heavy atom. The number of rotatable bonds is 7. The number of benzene rings is 2. The number of hydrogen-bond acceptors (Lipinski definition) is 4. The van der Waals surface area contributed by atoms with Crippen LogP contribution >= 0.6 is 0 Å². The molecular formula is C29H39N3O3. The van der Waals surface area contributed by atoms with Crippen LogP contribution < -0.4 is 10.5 Å². The Morgan fingerprint density at radius 1 is 1.11 bits per heavy atom. The molecule has 4 rings (SSSR count). The van der Waals surface area contributed by atoms with Crippen LogP contribution in [-0.2, 0) is 28.0 Å². The van der Waals surface area contributed by atoms with Gasteiger partial charge in [-0.2, -0.15) is 0 Å². The Hall–Kier alpha value is -2.86. The van der Waals surface area contributed by atoms with Gasteiger partial charge in [0.05, 0.1) is 5.41 Å². The average molecular weight is 478 g/mol. The highest BCUT2D eigenvalue weighted by Crippen LogP contribution is 2.45. The van der Waals surface area contributed by atoms with E-state index in [0.717, 1.165) is 50.9 Å². The van der Waals surface area contributed by atoms with Crippen molar-refractivity contribution in [2.24, 2.45) is 11.1 Å². The molecule has 2 aromatic rings. The zero-order chi connectivity index (χ0) is 25.2. The van der Waals surface area contributed by atoms with Gasteiger partial charge >= 0.3 is 0 Å². The molecule has 1 spiro atoms. The number of nitrogens with zero attached hydrogens (tertiary/aromatic N) is 2. The quantitative estimate of drug-likeness (QED) is 0.656. The van der Waals surface area contributed by atoms with Gasteiger partial charge in [0, 0.05) is 25.2 Å². The van der Waals surface area contributed by atoms with Crippen LogP contribution in [0.2, 0.25) is 0 Å². The van der Waals surface area contributed by atoms with Crippen LogP contribution in [0.15, 0.2) is 48.5 Å². The smallest absolute Gasteiger partial charge is 0.255 e. The zero-order valence-electron chi connectivity index (χ0n) is 21.5. The second-order valence-corrected chi connectivity index (χ2v) is 11.3. The molecule has 1 atom stereocenters. The molecular weight excluding hydrogens is 438 g/mol. The number of carbonyl (C=O) groups is 2. The molecule has 188 valence electrons. The summed E-state index contributed by atoms with van der Waals surface area (Å²) in [5.74, 6) is 0.527. The maximum atomic E-state index is 13.3. The molecule has 0 aliphatic carbocycles. The molecule has 35 heavy (non-hydrogen) atoms. The molecule has 2 amide bonds. The zero-order valence-corrected chi connectivity index (χ0v) is 21.5. The first-order valence-electron chi connectivity index (χ1n) is 12.7. The largest absolute Gasteiger partial charge is 0.483 e. The summed E-state index contributed by atoms with van der Waals surface area (Å²) in [6.45, 7) is 8.90. The Morgan fingerprint density at radius 3 is 2.43 bits per heavy atom. The SMILES string of the molecule is CN1C(=O)C2(CCN(Cc3cc(C(C)(C)C)ccc3OCC(N)=O)CC2)C[C@H]1Cc1ccccc1. The molecule has 2 aliphatic heterocycles. The monoisotopic (exact) mass is 477 g/mol. The van der Waals surface area contributed by atoms with E-state index in [-0.39, 0.29) is 23.5 Å². The van der Waals surface area contributed by atoms with Gasteiger partial charge in [-0.05, 0) is 61.4 Å². The van der Waals surface area contributed by atoms with Gasteiger partial charge in [-0.15, -0.1) is 0 Å². The summed E-state index contributed by atoms with van der Waals surface area (Å²) in [5, 5.41) is 0. The highest BCUT2D eigenvalue weighted by atomic mass is 16.5. The Balaban J connectivity index is 1.44. The lowest BCUT2D eigenvalue weighted by Gasteiger charge is -2.38. The molecule has 2 fully saturated rings. The lowest BCUT2D eigenvalue weighted by Crippen LogP contribution is -2.43. The molecule has 0 saturated carbocycles. The van der Waals surface area contributed by atoms with Crippen molar-refractivity contribution in [3.63, 3.8) is 0 Å². The second-order valence-electron chi connectivity index (χ2n) is 11.3. The van der Waals surface area contributed by atoms with Gasteiger partial charge < -0.3 is 15.4 Å². The molecule has 2 heterocycles. The van der Waals surface area contributed by atoms with Gasteiger partial charge in [0.2, 0.25) is 5.91 Å². The maximum Gasteiger partial charge on any atom is 0.255 e. The standard InChI is InChI=1S/C29H39N3O3/c1-28(2,3)23-10-11-25(35-20-26(30)33)22(17-23)19-32-14-12-29(13-15-32)18-24(31(4)27(29)34)16-21-8-6-5-7-9-21/h5-11,17,24H,12-16,18-20H2,1-4H3,(H2,30,33)/t24-/m1/s1. The molecule has 2 aliphatic rings. The van der Waals surface area contributed by atoms with Crippen molar-refractivity contribution in [2.45, 2.75) is 64.5 Å². The van der Waals surface area contributed by atoms with Crippen LogP contribution in [0.3, 0.4) is 0 Å². The maximum absolute atomic E-state index is 13.3. The van der Waals surface area contributed by atoms with Crippen molar-refractivity contribution in [3.8, 4) is 5.75 Å². The number of ether oxygens (including phenoxy) is 1. The van der Waals surface area contributed by atoms with Gasteiger partial charge in [-0.1, -0.05) is 63.2 Å². The molecule has 2 saturated heterocycles. The summed E-state index contributed by atoms with van der Waals surface area (Å²) in [5.41, 5.74) is 8.65. The Kier molecular flexibility index (Phi) is 7.22. The Labute approximate surface area is 209 Å². The van der Waals surface area contributed by atoms with Crippen molar-refractivity contribution in [2.75, 3.05) is 26.7 Å². The summed E-state index contributed by atoms with van der Waals surface area (Å²) in [6.07, 6.45) is 3.59. The minimum atomic E-state index is -0.482. The summed E-state index contributed by atoms with van der Waals surface area (Å²) < 4.78 is 5.74. The molecule has 0 bridgehead atoms. The summed E-state index contributed by atoms with van der Waals surface area (Å²) >= 11 is 0. The predicted molar refractivity (Wildman–Crippen MR) is 138 cm³/mol. The van der Waals surface area contributed by atoms with E-state index in [2.05, 4.69) is 62.1 Å². The van der Waals surface area contributed by atoms with Crippen molar-refractivity contribution in [1.29, 1.82) is 0 Å². The summed E-state index contributed by atoms with van der Waals surface area (Å²) in [6, 6.07) is 16.9. The molecule has 2 aromatic carbocycles. The van der Waals surface area contributed by atoms with E-state index in [1.54, 1.807) is 0 Å². The third-order valence-electron chi connectivity index (χ3n) is 7.77. The first-order chi connectivity index (χ1) is 16.6. The third kappa shape index (κ3) is 5.69. The number of likely N-dealkylation sites (tertiary alicyclic amines) is 2. The lowest BCUT2D eigenvalue weighted by atomic mass is 9.75. The fraction of sp³-hybridized carbons (Fsp3) is 0.517. The normalized spacial score (nSPS) is 20.4. The number of piperidine rings is 1. The van der Waals surface area contributed by atoms with Crippen LogP contribution in [0.4, 0.5) is 0 Å². The highest BCUT2D eigenvalue weighted by Gasteiger charge is 2.51. The predicted octanol–water partition coefficient (Wildman–Crippen LogP) is 3.90. The van der Waals surface area contributed by atoms with E-state index in [9.17, 15) is 9.59 Å². The van der Waals surface area contributed by atoms with Crippen LogP contribution in [0.25, 0.3) is 0 Å². The van der Waals surface area contributed by atoms with Crippen molar-refractivity contribution in [1.82, 2.24) is 9.80 Å². The second kappa shape index (κ2) is 10.0. The molecule has 6 heteroatoms. The van der Waals surface area contributed by atoms with Crippen molar-refractivity contribution in [3.05, 3.63) is 65.2 Å². The fourth-order valence-electron chi connectivity index (χ4n) is 5.57. The molecule has 0 radical (unpaired) electrons. The number of primary amides is 1. The molecule has 6 nitrogen and oxygen atoms in total. The van der Waals surface area contributed by atoms with Crippen LogP contribution in [0.1, 0.15) is 56.7 Å². The topological polar surface area (TPSA) is 75.9 Å². The number of nitrogens with two attached hydrogens (primary N) is 1.